The standard InChI is InChI=1S/C16H19NO2S/c1-10-4-5-11(2)15(6-10)12(3)17-8-14-7-13(9-20-14)16(18)19/h4-7,9,12,17H,8H2,1-3H3,(H,18,19). The van der Waals surface area contributed by atoms with E-state index >= 15 is 0 Å². The fourth-order valence-corrected chi connectivity index (χ4v) is 2.98. The van der Waals surface area contributed by atoms with E-state index in [1.54, 1.807) is 11.4 Å². The lowest BCUT2D eigenvalue weighted by Crippen LogP contribution is -2.18. The van der Waals surface area contributed by atoms with Crippen LogP contribution in [0.15, 0.2) is 29.6 Å². The first-order valence-electron chi connectivity index (χ1n) is 6.58. The van der Waals surface area contributed by atoms with Gasteiger partial charge in [-0.1, -0.05) is 23.8 Å². The molecule has 0 aliphatic rings. The topological polar surface area (TPSA) is 49.3 Å². The Hall–Kier alpha value is -1.65. The zero-order valence-electron chi connectivity index (χ0n) is 11.9. The summed E-state index contributed by atoms with van der Waals surface area (Å²) in [6, 6.07) is 8.42. The van der Waals surface area contributed by atoms with Gasteiger partial charge < -0.3 is 10.4 Å². The quantitative estimate of drug-likeness (QED) is 0.877. The summed E-state index contributed by atoms with van der Waals surface area (Å²) in [5, 5.41) is 14.0. The predicted octanol–water partition coefficient (Wildman–Crippen LogP) is 3.91. The van der Waals surface area contributed by atoms with Crippen LogP contribution < -0.4 is 5.32 Å². The second-order valence-electron chi connectivity index (χ2n) is 5.07. The third kappa shape index (κ3) is 3.46. The van der Waals surface area contributed by atoms with Gasteiger partial charge in [-0.3, -0.25) is 0 Å². The van der Waals surface area contributed by atoms with Crippen LogP contribution in [0.3, 0.4) is 0 Å². The van der Waals surface area contributed by atoms with E-state index in [-0.39, 0.29) is 6.04 Å². The van der Waals surface area contributed by atoms with Gasteiger partial charge in [0, 0.05) is 22.8 Å². The molecule has 0 fully saturated rings. The largest absolute Gasteiger partial charge is 0.478 e. The average Bonchev–Trinajstić information content (AvgIpc) is 2.88. The van der Waals surface area contributed by atoms with Crippen LogP contribution in [0.2, 0.25) is 0 Å². The molecule has 2 N–H and O–H groups in total. The highest BCUT2D eigenvalue weighted by Crippen LogP contribution is 2.21. The van der Waals surface area contributed by atoms with Crippen LogP contribution in [0.25, 0.3) is 0 Å². The number of carboxylic acids is 1. The van der Waals surface area contributed by atoms with Crippen LogP contribution in [0.5, 0.6) is 0 Å². The van der Waals surface area contributed by atoms with Gasteiger partial charge in [0.05, 0.1) is 5.56 Å². The monoisotopic (exact) mass is 289 g/mol. The number of thiophene rings is 1. The number of carbonyl (C=O) groups is 1. The summed E-state index contributed by atoms with van der Waals surface area (Å²) in [4.78, 5) is 11.9. The highest BCUT2D eigenvalue weighted by Gasteiger charge is 2.10. The second-order valence-corrected chi connectivity index (χ2v) is 6.07. The van der Waals surface area contributed by atoms with Gasteiger partial charge >= 0.3 is 5.97 Å². The molecule has 0 saturated heterocycles. The number of aryl methyl sites for hydroxylation is 2. The van der Waals surface area contributed by atoms with E-state index in [0.29, 0.717) is 12.1 Å². The molecule has 0 radical (unpaired) electrons. The molecule has 1 unspecified atom stereocenters. The van der Waals surface area contributed by atoms with E-state index in [2.05, 4.69) is 44.3 Å². The summed E-state index contributed by atoms with van der Waals surface area (Å²) in [5.41, 5.74) is 4.18. The fraction of sp³-hybridized carbons (Fsp3) is 0.312. The van der Waals surface area contributed by atoms with Crippen molar-refractivity contribution in [1.29, 1.82) is 0 Å². The lowest BCUT2D eigenvalue weighted by molar-refractivity contribution is 0.0697. The van der Waals surface area contributed by atoms with Gasteiger partial charge in [0.15, 0.2) is 0 Å². The molecule has 20 heavy (non-hydrogen) atoms. The average molecular weight is 289 g/mol. The second kappa shape index (κ2) is 6.20. The Balaban J connectivity index is 2.02. The summed E-state index contributed by atoms with van der Waals surface area (Å²) in [6.07, 6.45) is 0. The van der Waals surface area contributed by atoms with E-state index in [4.69, 9.17) is 5.11 Å². The van der Waals surface area contributed by atoms with Crippen molar-refractivity contribution in [1.82, 2.24) is 5.32 Å². The van der Waals surface area contributed by atoms with Crippen molar-refractivity contribution >= 4 is 17.3 Å². The highest BCUT2D eigenvalue weighted by molar-refractivity contribution is 7.10. The molecule has 3 nitrogen and oxygen atoms in total. The van der Waals surface area contributed by atoms with Crippen LogP contribution in [-0.2, 0) is 6.54 Å². The molecule has 2 rings (SSSR count). The molecule has 2 aromatic rings. The van der Waals surface area contributed by atoms with Gasteiger partial charge in [0.2, 0.25) is 0 Å². The molecule has 0 saturated carbocycles. The van der Waals surface area contributed by atoms with Gasteiger partial charge in [0.1, 0.15) is 0 Å². The normalized spacial score (nSPS) is 12.3. The molecule has 0 bridgehead atoms. The molecule has 1 heterocycles. The van der Waals surface area contributed by atoms with Crippen molar-refractivity contribution in [2.24, 2.45) is 0 Å². The summed E-state index contributed by atoms with van der Waals surface area (Å²) < 4.78 is 0. The van der Waals surface area contributed by atoms with Crippen LogP contribution in [-0.4, -0.2) is 11.1 Å². The fourth-order valence-electron chi connectivity index (χ4n) is 2.18. The zero-order chi connectivity index (χ0) is 14.7. The molecule has 0 spiro atoms. The Morgan fingerprint density at radius 1 is 1.35 bits per heavy atom. The first-order chi connectivity index (χ1) is 9.47. The van der Waals surface area contributed by atoms with Crippen LogP contribution in [0, 0.1) is 13.8 Å². The first-order valence-corrected chi connectivity index (χ1v) is 7.46. The first kappa shape index (κ1) is 14.8. The van der Waals surface area contributed by atoms with E-state index in [0.717, 1.165) is 4.88 Å². The Morgan fingerprint density at radius 3 is 2.75 bits per heavy atom. The molecular formula is C16H19NO2S. The number of benzene rings is 1. The minimum atomic E-state index is -0.866. The predicted molar refractivity (Wildman–Crippen MR) is 82.4 cm³/mol. The van der Waals surface area contributed by atoms with Gasteiger partial charge in [0.25, 0.3) is 0 Å². The lowest BCUT2D eigenvalue weighted by Gasteiger charge is -2.16. The third-order valence-corrected chi connectivity index (χ3v) is 4.32. The smallest absolute Gasteiger partial charge is 0.336 e. The number of hydrogen-bond donors (Lipinski definition) is 2. The summed E-state index contributed by atoms with van der Waals surface area (Å²) in [5.74, 6) is -0.866. The SMILES string of the molecule is Cc1ccc(C)c(C(C)NCc2cc(C(=O)O)cs2)c1. The highest BCUT2D eigenvalue weighted by atomic mass is 32.1. The van der Waals surface area contributed by atoms with Crippen molar-refractivity contribution in [3.8, 4) is 0 Å². The molecule has 1 atom stereocenters. The van der Waals surface area contributed by atoms with Crippen molar-refractivity contribution in [3.05, 3.63) is 56.8 Å². The molecule has 0 aliphatic heterocycles. The van der Waals surface area contributed by atoms with Gasteiger partial charge in [-0.2, -0.15) is 0 Å². The Bertz CT molecular complexity index is 619. The molecular weight excluding hydrogens is 270 g/mol. The molecule has 0 aliphatic carbocycles. The molecule has 4 heteroatoms. The van der Waals surface area contributed by atoms with Crippen LogP contribution in [0.4, 0.5) is 0 Å². The maximum absolute atomic E-state index is 10.8. The maximum atomic E-state index is 10.8. The summed E-state index contributed by atoms with van der Waals surface area (Å²) in [7, 11) is 0. The number of rotatable bonds is 5. The van der Waals surface area contributed by atoms with Gasteiger partial charge in [-0.25, -0.2) is 4.79 Å². The molecule has 0 amide bonds. The number of aromatic carboxylic acids is 1. The number of nitrogens with one attached hydrogen (secondary N) is 1. The Morgan fingerprint density at radius 2 is 2.10 bits per heavy atom. The number of hydrogen-bond acceptors (Lipinski definition) is 3. The molecule has 1 aromatic carbocycles. The summed E-state index contributed by atoms with van der Waals surface area (Å²) in [6.45, 7) is 7.02. The van der Waals surface area contributed by atoms with Crippen molar-refractivity contribution < 1.29 is 9.90 Å². The van der Waals surface area contributed by atoms with Gasteiger partial charge in [-0.15, -0.1) is 11.3 Å². The minimum absolute atomic E-state index is 0.241. The van der Waals surface area contributed by atoms with Crippen molar-refractivity contribution in [2.45, 2.75) is 33.4 Å². The Kier molecular flexibility index (Phi) is 4.57. The zero-order valence-corrected chi connectivity index (χ0v) is 12.8. The number of carboxylic acid groups (broad SMARTS) is 1. The third-order valence-electron chi connectivity index (χ3n) is 3.38. The van der Waals surface area contributed by atoms with Crippen LogP contribution in [0.1, 0.15) is 44.9 Å². The maximum Gasteiger partial charge on any atom is 0.336 e. The van der Waals surface area contributed by atoms with Crippen LogP contribution >= 0.6 is 11.3 Å². The molecule has 106 valence electrons. The minimum Gasteiger partial charge on any atom is -0.478 e. The van der Waals surface area contributed by atoms with Crippen molar-refractivity contribution in [3.63, 3.8) is 0 Å². The van der Waals surface area contributed by atoms with E-state index in [1.165, 1.54) is 28.0 Å². The van der Waals surface area contributed by atoms with E-state index in [1.807, 2.05) is 0 Å². The summed E-state index contributed by atoms with van der Waals surface area (Å²) >= 11 is 1.48. The van der Waals surface area contributed by atoms with E-state index in [9.17, 15) is 4.79 Å². The molecule has 1 aromatic heterocycles. The Labute approximate surface area is 123 Å². The van der Waals surface area contributed by atoms with Crippen molar-refractivity contribution in [2.75, 3.05) is 0 Å². The lowest BCUT2D eigenvalue weighted by atomic mass is 10.00. The van der Waals surface area contributed by atoms with Gasteiger partial charge in [-0.05, 0) is 38.0 Å². The van der Waals surface area contributed by atoms with E-state index < -0.39 is 5.97 Å².